The lowest BCUT2D eigenvalue weighted by molar-refractivity contribution is -0.127. The molecule has 35 heavy (non-hydrogen) atoms. The monoisotopic (exact) mass is 483 g/mol. The predicted molar refractivity (Wildman–Crippen MR) is 134 cm³/mol. The number of nitrogens with zero attached hydrogens (tertiary/aromatic N) is 3. The predicted octanol–water partition coefficient (Wildman–Crippen LogP) is 3.82. The highest BCUT2D eigenvalue weighted by Gasteiger charge is 2.31. The number of methoxy groups -OCH3 is 1. The van der Waals surface area contributed by atoms with E-state index in [9.17, 15) is 9.59 Å². The van der Waals surface area contributed by atoms with Crippen LogP contribution in [0, 0.1) is 5.92 Å². The van der Waals surface area contributed by atoms with E-state index in [1.807, 2.05) is 45.0 Å². The molecule has 1 aromatic carbocycles. The quantitative estimate of drug-likeness (QED) is 0.671. The number of amides is 2. The second-order valence-corrected chi connectivity index (χ2v) is 10.4. The van der Waals surface area contributed by atoms with Gasteiger partial charge in [0.15, 0.2) is 5.82 Å². The van der Waals surface area contributed by atoms with Crippen molar-refractivity contribution in [2.75, 3.05) is 38.2 Å². The normalized spacial score (nSPS) is 19.4. The van der Waals surface area contributed by atoms with Crippen LogP contribution in [0.1, 0.15) is 46.5 Å². The molecule has 1 aromatic heterocycles. The number of aromatic nitrogens is 2. The second kappa shape index (κ2) is 10.6. The summed E-state index contributed by atoms with van der Waals surface area (Å²) in [6.45, 7) is 8.32. The number of carbonyl (C=O) groups excluding carboxylic acids is 2. The van der Waals surface area contributed by atoms with Crippen LogP contribution in [0.5, 0.6) is 5.75 Å². The number of likely N-dealkylation sites (tertiary alicyclic amines) is 1. The summed E-state index contributed by atoms with van der Waals surface area (Å²) >= 11 is 0. The zero-order valence-corrected chi connectivity index (χ0v) is 21.2. The number of carbonyl (C=O) groups is 2. The standard InChI is InChI=1S/C26H37N5O4/c1-26(2,3)35-25(33)30-14-11-19(12-15-30)24(32)27-20-6-5-13-31(17-20)23-16-22(28-29-23)18-7-9-21(34-4)10-8-18/h7-10,16,19-20H,5-6,11-15,17H2,1-4H3,(H,27,32)(H,28,29). The Kier molecular flexibility index (Phi) is 7.52. The molecule has 2 amide bonds. The van der Waals surface area contributed by atoms with Crippen LogP contribution >= 0.6 is 0 Å². The summed E-state index contributed by atoms with van der Waals surface area (Å²) in [7, 11) is 1.65. The number of benzene rings is 1. The fraction of sp³-hybridized carbons (Fsp3) is 0.577. The minimum atomic E-state index is -0.512. The van der Waals surface area contributed by atoms with Crippen LogP contribution in [0.25, 0.3) is 11.3 Å². The lowest BCUT2D eigenvalue weighted by Crippen LogP contribution is -2.51. The van der Waals surface area contributed by atoms with Crippen LogP contribution in [0.4, 0.5) is 10.6 Å². The molecule has 0 radical (unpaired) electrons. The van der Waals surface area contributed by atoms with Crippen molar-refractivity contribution in [2.45, 2.75) is 58.1 Å². The van der Waals surface area contributed by atoms with Gasteiger partial charge in [-0.25, -0.2) is 4.79 Å². The molecule has 2 saturated heterocycles. The van der Waals surface area contributed by atoms with Gasteiger partial charge >= 0.3 is 6.09 Å². The molecule has 4 rings (SSSR count). The summed E-state index contributed by atoms with van der Waals surface area (Å²) in [6, 6.07) is 10.0. The molecule has 1 atom stereocenters. The zero-order valence-electron chi connectivity index (χ0n) is 21.2. The maximum absolute atomic E-state index is 13.0. The van der Waals surface area contributed by atoms with Crippen LogP contribution in [0.15, 0.2) is 30.3 Å². The number of hydrogen-bond acceptors (Lipinski definition) is 6. The summed E-state index contributed by atoms with van der Waals surface area (Å²) in [5, 5.41) is 10.9. The molecule has 2 aliphatic rings. The summed E-state index contributed by atoms with van der Waals surface area (Å²) in [5.41, 5.74) is 1.48. The number of aromatic amines is 1. The molecular formula is C26H37N5O4. The van der Waals surface area contributed by atoms with Crippen molar-refractivity contribution in [2.24, 2.45) is 5.92 Å². The van der Waals surface area contributed by atoms with Crippen LogP contribution in [0.3, 0.4) is 0 Å². The first-order chi connectivity index (χ1) is 16.7. The minimum absolute atomic E-state index is 0.0730. The van der Waals surface area contributed by atoms with Crippen LogP contribution < -0.4 is 15.0 Å². The number of ether oxygens (including phenoxy) is 2. The molecule has 190 valence electrons. The van der Waals surface area contributed by atoms with Crippen molar-refractivity contribution in [1.82, 2.24) is 20.4 Å². The van der Waals surface area contributed by atoms with E-state index >= 15 is 0 Å². The Labute approximate surface area is 207 Å². The van der Waals surface area contributed by atoms with Gasteiger partial charge in [0, 0.05) is 44.2 Å². The second-order valence-electron chi connectivity index (χ2n) is 10.4. The first-order valence-electron chi connectivity index (χ1n) is 12.4. The summed E-state index contributed by atoms with van der Waals surface area (Å²) in [4.78, 5) is 29.2. The van der Waals surface area contributed by atoms with Gasteiger partial charge in [-0.1, -0.05) is 0 Å². The summed E-state index contributed by atoms with van der Waals surface area (Å²) < 4.78 is 10.7. The molecule has 0 saturated carbocycles. The maximum Gasteiger partial charge on any atom is 0.410 e. The molecule has 9 nitrogen and oxygen atoms in total. The molecule has 9 heteroatoms. The Hall–Kier alpha value is -3.23. The third kappa shape index (κ3) is 6.46. The number of hydrogen-bond donors (Lipinski definition) is 2. The highest BCUT2D eigenvalue weighted by Crippen LogP contribution is 2.26. The van der Waals surface area contributed by atoms with Gasteiger partial charge in [0.25, 0.3) is 0 Å². The van der Waals surface area contributed by atoms with Crippen molar-refractivity contribution in [3.05, 3.63) is 30.3 Å². The van der Waals surface area contributed by atoms with Gasteiger partial charge in [-0.3, -0.25) is 9.89 Å². The van der Waals surface area contributed by atoms with Gasteiger partial charge in [-0.2, -0.15) is 5.10 Å². The molecule has 2 aliphatic heterocycles. The Balaban J connectivity index is 1.28. The van der Waals surface area contributed by atoms with E-state index in [4.69, 9.17) is 9.47 Å². The van der Waals surface area contributed by atoms with Gasteiger partial charge in [-0.15, -0.1) is 0 Å². The van der Waals surface area contributed by atoms with Crippen molar-refractivity contribution in [1.29, 1.82) is 0 Å². The van der Waals surface area contributed by atoms with Gasteiger partial charge in [0.2, 0.25) is 5.91 Å². The van der Waals surface area contributed by atoms with Gasteiger partial charge in [0.1, 0.15) is 11.4 Å². The molecule has 2 aromatic rings. The number of rotatable bonds is 5. The number of piperidine rings is 2. The maximum atomic E-state index is 13.0. The fourth-order valence-corrected chi connectivity index (χ4v) is 4.66. The SMILES string of the molecule is COc1ccc(-c2cc(N3CCCC(NC(=O)C4CCN(C(=O)OC(C)(C)C)CC4)C3)n[nH]2)cc1. The van der Waals surface area contributed by atoms with Crippen molar-refractivity contribution in [3.8, 4) is 17.0 Å². The summed E-state index contributed by atoms with van der Waals surface area (Å²) in [5.74, 6) is 1.72. The number of H-pyrrole nitrogens is 1. The third-order valence-electron chi connectivity index (χ3n) is 6.57. The van der Waals surface area contributed by atoms with E-state index in [1.165, 1.54) is 0 Å². The van der Waals surface area contributed by atoms with Crippen LogP contribution in [-0.2, 0) is 9.53 Å². The van der Waals surface area contributed by atoms with Gasteiger partial charge < -0.3 is 24.6 Å². The Bertz CT molecular complexity index is 1010. The lowest BCUT2D eigenvalue weighted by atomic mass is 9.95. The van der Waals surface area contributed by atoms with Gasteiger partial charge in [0.05, 0.1) is 12.8 Å². The van der Waals surface area contributed by atoms with E-state index in [1.54, 1.807) is 12.0 Å². The smallest absolute Gasteiger partial charge is 0.410 e. The first-order valence-corrected chi connectivity index (χ1v) is 12.4. The Morgan fingerprint density at radius 3 is 2.46 bits per heavy atom. The molecule has 0 spiro atoms. The number of anilines is 1. The zero-order chi connectivity index (χ0) is 25.0. The molecular weight excluding hydrogens is 446 g/mol. The topological polar surface area (TPSA) is 99.8 Å². The molecule has 2 fully saturated rings. The van der Waals surface area contributed by atoms with E-state index < -0.39 is 5.60 Å². The van der Waals surface area contributed by atoms with Gasteiger partial charge in [-0.05, 0) is 76.3 Å². The van der Waals surface area contributed by atoms with E-state index in [2.05, 4.69) is 26.5 Å². The third-order valence-corrected chi connectivity index (χ3v) is 6.57. The molecule has 3 heterocycles. The Morgan fingerprint density at radius 2 is 1.80 bits per heavy atom. The highest BCUT2D eigenvalue weighted by molar-refractivity contribution is 5.79. The molecule has 0 aliphatic carbocycles. The molecule has 2 N–H and O–H groups in total. The van der Waals surface area contributed by atoms with E-state index in [0.717, 1.165) is 48.8 Å². The Morgan fingerprint density at radius 1 is 1.09 bits per heavy atom. The average molecular weight is 484 g/mol. The molecule has 1 unspecified atom stereocenters. The number of nitrogens with one attached hydrogen (secondary N) is 2. The molecule has 0 bridgehead atoms. The fourth-order valence-electron chi connectivity index (χ4n) is 4.66. The van der Waals surface area contributed by atoms with Crippen molar-refractivity contribution in [3.63, 3.8) is 0 Å². The highest BCUT2D eigenvalue weighted by atomic mass is 16.6. The lowest BCUT2D eigenvalue weighted by Gasteiger charge is -2.36. The first kappa shape index (κ1) is 24.9. The minimum Gasteiger partial charge on any atom is -0.497 e. The summed E-state index contributed by atoms with van der Waals surface area (Å²) in [6.07, 6.45) is 2.96. The largest absolute Gasteiger partial charge is 0.497 e. The van der Waals surface area contributed by atoms with E-state index in [0.29, 0.717) is 25.9 Å². The van der Waals surface area contributed by atoms with Crippen LogP contribution in [-0.4, -0.2) is 72.0 Å². The average Bonchev–Trinajstić information content (AvgIpc) is 3.34. The van der Waals surface area contributed by atoms with Crippen molar-refractivity contribution >= 4 is 17.8 Å². The van der Waals surface area contributed by atoms with E-state index in [-0.39, 0.29) is 24.0 Å². The van der Waals surface area contributed by atoms with Crippen molar-refractivity contribution < 1.29 is 19.1 Å². The van der Waals surface area contributed by atoms with Crippen LogP contribution in [0.2, 0.25) is 0 Å².